The van der Waals surface area contributed by atoms with Gasteiger partial charge in [-0.3, -0.25) is 4.79 Å². The molecule has 1 amide bonds. The summed E-state index contributed by atoms with van der Waals surface area (Å²) in [4.78, 5) is 12.5. The van der Waals surface area contributed by atoms with Crippen molar-refractivity contribution in [2.45, 2.75) is 77.9 Å². The third-order valence-electron chi connectivity index (χ3n) is 5.86. The molecule has 5 atom stereocenters. The molecule has 0 aromatic carbocycles. The van der Waals surface area contributed by atoms with Crippen LogP contribution >= 0.6 is 0 Å². The van der Waals surface area contributed by atoms with E-state index in [1.165, 1.54) is 6.42 Å². The van der Waals surface area contributed by atoms with E-state index < -0.39 is 18.0 Å². The molecule has 2 nitrogen and oxygen atoms in total. The number of hydrogen-bond acceptors (Lipinski definition) is 1. The highest BCUT2D eigenvalue weighted by Gasteiger charge is 2.44. The summed E-state index contributed by atoms with van der Waals surface area (Å²) in [7, 11) is 0. The van der Waals surface area contributed by atoms with Gasteiger partial charge in [0.05, 0.1) is 5.92 Å². The third kappa shape index (κ3) is 4.87. The van der Waals surface area contributed by atoms with Crippen LogP contribution in [0.5, 0.6) is 0 Å². The van der Waals surface area contributed by atoms with Gasteiger partial charge in [0.15, 0.2) is 0 Å². The molecule has 0 aromatic heterocycles. The zero-order valence-electron chi connectivity index (χ0n) is 14.5. The first kappa shape index (κ1) is 18.6. The number of hydrogen-bond donors (Lipinski definition) is 1. The number of alkyl halides is 3. The highest BCUT2D eigenvalue weighted by molar-refractivity contribution is 5.79. The Labute approximate surface area is 137 Å². The minimum Gasteiger partial charge on any atom is -0.353 e. The normalized spacial score (nSPS) is 36.0. The molecule has 2 rings (SSSR count). The summed E-state index contributed by atoms with van der Waals surface area (Å²) in [6.45, 7) is 6.52. The summed E-state index contributed by atoms with van der Waals surface area (Å²) in [5.74, 6) is -0.425. The van der Waals surface area contributed by atoms with Gasteiger partial charge in [-0.2, -0.15) is 13.2 Å². The number of amides is 1. The largest absolute Gasteiger partial charge is 0.391 e. The Hall–Kier alpha value is -0.740. The van der Waals surface area contributed by atoms with E-state index >= 15 is 0 Å². The zero-order valence-corrected chi connectivity index (χ0v) is 14.5. The van der Waals surface area contributed by atoms with Gasteiger partial charge < -0.3 is 5.32 Å². The fraction of sp³-hybridized carbons (Fsp3) is 0.944. The van der Waals surface area contributed by atoms with E-state index in [2.05, 4.69) is 26.1 Å². The second-order valence-corrected chi connectivity index (χ2v) is 8.04. The van der Waals surface area contributed by atoms with E-state index in [0.717, 1.165) is 12.8 Å². The van der Waals surface area contributed by atoms with Gasteiger partial charge in [0.2, 0.25) is 5.91 Å². The van der Waals surface area contributed by atoms with Gasteiger partial charge in [-0.05, 0) is 49.9 Å². The van der Waals surface area contributed by atoms with E-state index in [9.17, 15) is 18.0 Å². The Morgan fingerprint density at radius 3 is 2.39 bits per heavy atom. The van der Waals surface area contributed by atoms with Gasteiger partial charge in [0.1, 0.15) is 0 Å². The lowest BCUT2D eigenvalue weighted by atomic mass is 9.73. The van der Waals surface area contributed by atoms with E-state index in [4.69, 9.17) is 0 Å². The van der Waals surface area contributed by atoms with Gasteiger partial charge in [-0.25, -0.2) is 0 Å². The predicted molar refractivity (Wildman–Crippen MR) is 84.8 cm³/mol. The summed E-state index contributed by atoms with van der Waals surface area (Å²) in [5, 5.41) is 3.12. The van der Waals surface area contributed by atoms with Crippen LogP contribution in [0.25, 0.3) is 0 Å². The number of rotatable bonds is 3. The first-order valence-corrected chi connectivity index (χ1v) is 9.05. The zero-order chi connectivity index (χ0) is 17.2. The Bertz CT molecular complexity index is 408. The molecule has 0 spiro atoms. The number of nitrogens with one attached hydrogen (secondary N) is 1. The van der Waals surface area contributed by atoms with Crippen molar-refractivity contribution in [3.63, 3.8) is 0 Å². The van der Waals surface area contributed by atoms with Gasteiger partial charge in [-0.1, -0.05) is 33.6 Å². The van der Waals surface area contributed by atoms with Crippen molar-refractivity contribution < 1.29 is 18.0 Å². The first-order valence-electron chi connectivity index (χ1n) is 9.05. The molecule has 2 saturated carbocycles. The monoisotopic (exact) mass is 333 g/mol. The highest BCUT2D eigenvalue weighted by Crippen LogP contribution is 2.40. The fourth-order valence-electron chi connectivity index (χ4n) is 4.39. The van der Waals surface area contributed by atoms with Crippen LogP contribution in [0.3, 0.4) is 0 Å². The molecule has 0 aliphatic heterocycles. The van der Waals surface area contributed by atoms with Gasteiger partial charge in [0.25, 0.3) is 0 Å². The lowest BCUT2D eigenvalue weighted by Gasteiger charge is -2.39. The lowest BCUT2D eigenvalue weighted by Crippen LogP contribution is -2.48. The summed E-state index contributed by atoms with van der Waals surface area (Å²) in [6, 6.07) is 0.123. The van der Waals surface area contributed by atoms with E-state index in [1.54, 1.807) is 0 Å². The minimum atomic E-state index is -4.17. The third-order valence-corrected chi connectivity index (χ3v) is 5.86. The molecule has 0 aromatic rings. The smallest absolute Gasteiger partial charge is 0.353 e. The maximum atomic E-state index is 12.9. The minimum absolute atomic E-state index is 0.0377. The number of carbonyl (C=O) groups is 1. The molecule has 5 heteroatoms. The van der Waals surface area contributed by atoms with Crippen LogP contribution in [0.2, 0.25) is 0 Å². The van der Waals surface area contributed by atoms with E-state index in [1.807, 2.05) is 0 Å². The molecule has 2 aliphatic carbocycles. The summed E-state index contributed by atoms with van der Waals surface area (Å²) >= 11 is 0. The molecule has 0 heterocycles. The van der Waals surface area contributed by atoms with Crippen molar-refractivity contribution in [1.82, 2.24) is 5.32 Å². The standard InChI is InChI=1S/C18H30F3NO/c1-11(2)15-8-7-12(3)9-16(15)22-17(23)13-5-4-6-14(10-13)18(19,20)21/h11-16H,4-10H2,1-3H3,(H,22,23). The molecule has 1 N–H and O–H groups in total. The van der Waals surface area contributed by atoms with Crippen LogP contribution in [-0.2, 0) is 4.79 Å². The molecule has 0 bridgehead atoms. The van der Waals surface area contributed by atoms with Crippen molar-refractivity contribution in [2.24, 2.45) is 29.6 Å². The summed E-state index contributed by atoms with van der Waals surface area (Å²) in [5.41, 5.74) is 0. The van der Waals surface area contributed by atoms with Gasteiger partial charge in [0, 0.05) is 12.0 Å². The molecule has 5 unspecified atom stereocenters. The van der Waals surface area contributed by atoms with Crippen LogP contribution in [0.15, 0.2) is 0 Å². The Kier molecular flexibility index (Phi) is 6.01. The molecule has 0 saturated heterocycles. The average Bonchev–Trinajstić information content (AvgIpc) is 2.46. The highest BCUT2D eigenvalue weighted by atomic mass is 19.4. The fourth-order valence-corrected chi connectivity index (χ4v) is 4.39. The molecule has 23 heavy (non-hydrogen) atoms. The second-order valence-electron chi connectivity index (χ2n) is 8.04. The van der Waals surface area contributed by atoms with Gasteiger partial charge in [-0.15, -0.1) is 0 Å². The SMILES string of the molecule is CC1CCC(C(C)C)C(NC(=O)C2CCCC(C(F)(F)F)C2)C1. The Morgan fingerprint density at radius 1 is 1.09 bits per heavy atom. The van der Waals surface area contributed by atoms with Crippen LogP contribution in [0, 0.1) is 29.6 Å². The molecular weight excluding hydrogens is 303 g/mol. The van der Waals surface area contributed by atoms with Crippen molar-refractivity contribution in [2.75, 3.05) is 0 Å². The van der Waals surface area contributed by atoms with E-state index in [0.29, 0.717) is 30.6 Å². The maximum Gasteiger partial charge on any atom is 0.391 e. The molecule has 2 aliphatic rings. The van der Waals surface area contributed by atoms with Crippen molar-refractivity contribution in [3.8, 4) is 0 Å². The Morgan fingerprint density at radius 2 is 1.78 bits per heavy atom. The predicted octanol–water partition coefficient (Wildman–Crippen LogP) is 4.93. The van der Waals surface area contributed by atoms with E-state index in [-0.39, 0.29) is 24.8 Å². The molecular formula is C18H30F3NO. The summed E-state index contributed by atoms with van der Waals surface area (Å²) in [6.07, 6.45) is 0.271. The van der Waals surface area contributed by atoms with Crippen molar-refractivity contribution in [3.05, 3.63) is 0 Å². The lowest BCUT2D eigenvalue weighted by molar-refractivity contribution is -0.186. The van der Waals surface area contributed by atoms with Gasteiger partial charge >= 0.3 is 6.18 Å². The second kappa shape index (κ2) is 7.43. The van der Waals surface area contributed by atoms with Crippen molar-refractivity contribution in [1.29, 1.82) is 0 Å². The number of halogens is 3. The van der Waals surface area contributed by atoms with Crippen LogP contribution in [0.1, 0.15) is 65.7 Å². The first-order chi connectivity index (χ1) is 10.7. The molecule has 134 valence electrons. The molecule has 2 fully saturated rings. The topological polar surface area (TPSA) is 29.1 Å². The quantitative estimate of drug-likeness (QED) is 0.779. The van der Waals surface area contributed by atoms with Crippen LogP contribution < -0.4 is 5.32 Å². The van der Waals surface area contributed by atoms with Crippen LogP contribution in [-0.4, -0.2) is 18.1 Å². The summed E-state index contributed by atoms with van der Waals surface area (Å²) < 4.78 is 38.8. The Balaban J connectivity index is 1.96. The average molecular weight is 333 g/mol. The van der Waals surface area contributed by atoms with Crippen molar-refractivity contribution >= 4 is 5.91 Å². The maximum absolute atomic E-state index is 12.9. The van der Waals surface area contributed by atoms with Crippen LogP contribution in [0.4, 0.5) is 13.2 Å². The molecule has 0 radical (unpaired) electrons. The number of carbonyl (C=O) groups excluding carboxylic acids is 1.